The van der Waals surface area contributed by atoms with Gasteiger partial charge in [-0.05, 0) is 19.2 Å². The fourth-order valence-corrected chi connectivity index (χ4v) is 2.28. The van der Waals surface area contributed by atoms with Crippen LogP contribution in [0.15, 0.2) is 30.9 Å². The largest absolute Gasteiger partial charge is 0.353 e. The van der Waals surface area contributed by atoms with Gasteiger partial charge in [0.1, 0.15) is 5.82 Å². The molecule has 1 N–H and O–H groups in total. The third-order valence-electron chi connectivity index (χ3n) is 3.38. The van der Waals surface area contributed by atoms with Crippen LogP contribution < -0.4 is 4.90 Å². The van der Waals surface area contributed by atoms with Crippen LogP contribution in [0.4, 0.5) is 5.82 Å². The fourth-order valence-electron chi connectivity index (χ4n) is 2.28. The van der Waals surface area contributed by atoms with Gasteiger partial charge in [-0.25, -0.2) is 9.97 Å². The second-order valence-electron chi connectivity index (χ2n) is 4.63. The number of nitrogens with one attached hydrogen (secondary N) is 1. The molecular weight excluding hydrogens is 226 g/mol. The Labute approximate surface area is 106 Å². The molecule has 1 aliphatic heterocycles. The number of H-pyrrole nitrogens is 1. The molecule has 2 aromatic heterocycles. The Kier molecular flexibility index (Phi) is 2.98. The predicted molar refractivity (Wildman–Crippen MR) is 71.5 cm³/mol. The van der Waals surface area contributed by atoms with E-state index in [1.807, 2.05) is 18.5 Å². The number of imidazole rings is 1. The van der Waals surface area contributed by atoms with Crippen LogP contribution in [0.3, 0.4) is 0 Å². The Balaban J connectivity index is 1.92. The molecule has 2 aromatic rings. The van der Waals surface area contributed by atoms with Crippen molar-refractivity contribution in [1.82, 2.24) is 19.9 Å². The van der Waals surface area contributed by atoms with Gasteiger partial charge in [0, 0.05) is 37.9 Å². The molecule has 0 amide bonds. The molecule has 0 spiro atoms. The number of hydrogen-bond acceptors (Lipinski definition) is 4. The Morgan fingerprint density at radius 3 is 2.78 bits per heavy atom. The van der Waals surface area contributed by atoms with E-state index in [4.69, 9.17) is 0 Å². The number of likely N-dealkylation sites (N-methyl/N-ethyl adjacent to an activating group) is 1. The Bertz CT molecular complexity index is 500. The molecular formula is C13H17N5. The molecule has 0 radical (unpaired) electrons. The molecule has 0 unspecified atom stereocenters. The van der Waals surface area contributed by atoms with Gasteiger partial charge in [-0.15, -0.1) is 0 Å². The minimum Gasteiger partial charge on any atom is -0.353 e. The lowest BCUT2D eigenvalue weighted by atomic mass is 10.2. The SMILES string of the molecule is CN1CCN(c2ncccc2-c2cnc[nH]2)CC1. The molecule has 0 atom stereocenters. The molecule has 1 fully saturated rings. The quantitative estimate of drug-likeness (QED) is 0.861. The Hall–Kier alpha value is -1.88. The zero-order valence-electron chi connectivity index (χ0n) is 10.5. The van der Waals surface area contributed by atoms with Crippen LogP contribution in [-0.4, -0.2) is 53.1 Å². The van der Waals surface area contributed by atoms with E-state index in [-0.39, 0.29) is 0 Å². The molecule has 3 heterocycles. The first-order valence-corrected chi connectivity index (χ1v) is 6.22. The van der Waals surface area contributed by atoms with Crippen LogP contribution in [0.2, 0.25) is 0 Å². The van der Waals surface area contributed by atoms with Crippen molar-refractivity contribution in [2.45, 2.75) is 0 Å². The highest BCUT2D eigenvalue weighted by Gasteiger charge is 2.18. The van der Waals surface area contributed by atoms with Gasteiger partial charge in [0.25, 0.3) is 0 Å². The molecule has 94 valence electrons. The minimum absolute atomic E-state index is 1.02. The molecule has 3 rings (SSSR count). The van der Waals surface area contributed by atoms with E-state index < -0.39 is 0 Å². The lowest BCUT2D eigenvalue weighted by molar-refractivity contribution is 0.312. The smallest absolute Gasteiger partial charge is 0.138 e. The van der Waals surface area contributed by atoms with Crippen molar-refractivity contribution in [3.05, 3.63) is 30.9 Å². The van der Waals surface area contributed by atoms with Crippen molar-refractivity contribution in [3.8, 4) is 11.3 Å². The van der Waals surface area contributed by atoms with Gasteiger partial charge in [-0.2, -0.15) is 0 Å². The standard InChI is InChI=1S/C13H17N5/c1-17-5-7-18(8-6-17)13-11(3-2-4-15-13)12-9-14-10-16-12/h2-4,9-10H,5-8H2,1H3,(H,14,16). The second-order valence-corrected chi connectivity index (χ2v) is 4.63. The number of aromatic nitrogens is 3. The van der Waals surface area contributed by atoms with Crippen molar-refractivity contribution >= 4 is 5.82 Å². The average Bonchev–Trinajstić information content (AvgIpc) is 2.93. The zero-order valence-corrected chi connectivity index (χ0v) is 10.5. The maximum absolute atomic E-state index is 4.54. The minimum atomic E-state index is 1.02. The number of pyridine rings is 1. The molecule has 0 bridgehead atoms. The van der Waals surface area contributed by atoms with Crippen LogP contribution in [0.1, 0.15) is 0 Å². The van der Waals surface area contributed by atoms with Crippen LogP contribution in [-0.2, 0) is 0 Å². The van der Waals surface area contributed by atoms with E-state index in [1.165, 1.54) is 0 Å². The lowest BCUT2D eigenvalue weighted by Crippen LogP contribution is -2.45. The second kappa shape index (κ2) is 4.78. The maximum atomic E-state index is 4.54. The van der Waals surface area contributed by atoms with E-state index in [0.717, 1.165) is 43.3 Å². The molecule has 18 heavy (non-hydrogen) atoms. The first-order valence-electron chi connectivity index (χ1n) is 6.22. The molecule has 1 saturated heterocycles. The summed E-state index contributed by atoms with van der Waals surface area (Å²) in [5, 5.41) is 0. The molecule has 1 aliphatic rings. The highest BCUT2D eigenvalue weighted by molar-refractivity contribution is 5.72. The van der Waals surface area contributed by atoms with Crippen LogP contribution in [0, 0.1) is 0 Å². The molecule has 5 nitrogen and oxygen atoms in total. The molecule has 0 aliphatic carbocycles. The summed E-state index contributed by atoms with van der Waals surface area (Å²) in [4.78, 5) is 16.5. The van der Waals surface area contributed by atoms with Crippen molar-refractivity contribution in [3.63, 3.8) is 0 Å². The van der Waals surface area contributed by atoms with Crippen molar-refractivity contribution in [2.75, 3.05) is 38.1 Å². The summed E-state index contributed by atoms with van der Waals surface area (Å²) in [5.74, 6) is 1.05. The number of anilines is 1. The molecule has 5 heteroatoms. The Morgan fingerprint density at radius 2 is 2.06 bits per heavy atom. The summed E-state index contributed by atoms with van der Waals surface area (Å²) in [6.45, 7) is 4.21. The van der Waals surface area contributed by atoms with E-state index in [1.54, 1.807) is 6.33 Å². The van der Waals surface area contributed by atoms with Gasteiger partial charge in [0.05, 0.1) is 18.2 Å². The monoisotopic (exact) mass is 243 g/mol. The highest BCUT2D eigenvalue weighted by atomic mass is 15.3. The zero-order chi connectivity index (χ0) is 12.4. The van der Waals surface area contributed by atoms with Gasteiger partial charge in [-0.3, -0.25) is 0 Å². The summed E-state index contributed by atoms with van der Waals surface area (Å²) < 4.78 is 0. The topological polar surface area (TPSA) is 48.1 Å². The number of hydrogen-bond donors (Lipinski definition) is 1. The van der Waals surface area contributed by atoms with Crippen LogP contribution in [0.5, 0.6) is 0 Å². The number of nitrogens with zero attached hydrogens (tertiary/aromatic N) is 4. The molecule has 0 aromatic carbocycles. The fraction of sp³-hybridized carbons (Fsp3) is 0.385. The summed E-state index contributed by atoms with van der Waals surface area (Å²) >= 11 is 0. The first kappa shape index (κ1) is 11.2. The normalized spacial score (nSPS) is 17.1. The maximum Gasteiger partial charge on any atom is 0.138 e. The van der Waals surface area contributed by atoms with Crippen LogP contribution in [0.25, 0.3) is 11.3 Å². The Morgan fingerprint density at radius 1 is 1.22 bits per heavy atom. The summed E-state index contributed by atoms with van der Waals surface area (Å²) in [6.07, 6.45) is 5.40. The van der Waals surface area contributed by atoms with E-state index in [2.05, 4.69) is 37.9 Å². The van der Waals surface area contributed by atoms with E-state index in [9.17, 15) is 0 Å². The average molecular weight is 243 g/mol. The predicted octanol–water partition coefficient (Wildman–Crippen LogP) is 1.22. The third-order valence-corrected chi connectivity index (χ3v) is 3.38. The van der Waals surface area contributed by atoms with E-state index in [0.29, 0.717) is 0 Å². The van der Waals surface area contributed by atoms with Gasteiger partial charge in [0.15, 0.2) is 0 Å². The lowest BCUT2D eigenvalue weighted by Gasteiger charge is -2.34. The highest BCUT2D eigenvalue weighted by Crippen LogP contribution is 2.27. The van der Waals surface area contributed by atoms with Gasteiger partial charge >= 0.3 is 0 Å². The van der Waals surface area contributed by atoms with E-state index >= 15 is 0 Å². The van der Waals surface area contributed by atoms with Crippen molar-refractivity contribution < 1.29 is 0 Å². The van der Waals surface area contributed by atoms with Gasteiger partial charge < -0.3 is 14.8 Å². The van der Waals surface area contributed by atoms with Crippen molar-refractivity contribution in [2.24, 2.45) is 0 Å². The van der Waals surface area contributed by atoms with Crippen LogP contribution >= 0.6 is 0 Å². The third kappa shape index (κ3) is 2.09. The summed E-state index contributed by atoms with van der Waals surface area (Å²) in [7, 11) is 2.16. The van der Waals surface area contributed by atoms with Crippen molar-refractivity contribution in [1.29, 1.82) is 0 Å². The molecule has 0 saturated carbocycles. The number of rotatable bonds is 2. The number of aromatic amines is 1. The van der Waals surface area contributed by atoms with Gasteiger partial charge in [-0.1, -0.05) is 0 Å². The van der Waals surface area contributed by atoms with Gasteiger partial charge in [0.2, 0.25) is 0 Å². The first-order chi connectivity index (χ1) is 8.84. The summed E-state index contributed by atoms with van der Waals surface area (Å²) in [6, 6.07) is 4.06. The summed E-state index contributed by atoms with van der Waals surface area (Å²) in [5.41, 5.74) is 2.15. The number of piperazine rings is 1.